The Labute approximate surface area is 131 Å². The molecule has 0 radical (unpaired) electrons. The summed E-state index contributed by atoms with van der Waals surface area (Å²) in [5.74, 6) is 4.18. The number of nitrogens with zero attached hydrogens (tertiary/aromatic N) is 1. The molecule has 1 N–H and O–H groups in total. The molecule has 0 aromatic carbocycles. The van der Waals surface area contributed by atoms with Gasteiger partial charge >= 0.3 is 0 Å². The highest BCUT2D eigenvalue weighted by molar-refractivity contribution is 7.99. The number of rotatable bonds is 9. The van der Waals surface area contributed by atoms with Gasteiger partial charge in [-0.1, -0.05) is 41.0 Å². The van der Waals surface area contributed by atoms with Crippen molar-refractivity contribution in [3.05, 3.63) is 0 Å². The minimum atomic E-state index is 0.703. The molecule has 0 aromatic rings. The third-order valence-corrected chi connectivity index (χ3v) is 5.52. The van der Waals surface area contributed by atoms with E-state index in [1.54, 1.807) is 0 Å². The van der Waals surface area contributed by atoms with Crippen molar-refractivity contribution in [2.45, 2.75) is 66.0 Å². The summed E-state index contributed by atoms with van der Waals surface area (Å²) >= 11 is 2.08. The highest BCUT2D eigenvalue weighted by Crippen LogP contribution is 2.21. The van der Waals surface area contributed by atoms with Crippen molar-refractivity contribution in [1.82, 2.24) is 10.2 Å². The van der Waals surface area contributed by atoms with E-state index in [-0.39, 0.29) is 0 Å². The van der Waals surface area contributed by atoms with E-state index >= 15 is 0 Å². The molecule has 0 aromatic heterocycles. The molecule has 0 aliphatic carbocycles. The lowest BCUT2D eigenvalue weighted by atomic mass is 9.92. The van der Waals surface area contributed by atoms with E-state index in [4.69, 9.17) is 0 Å². The van der Waals surface area contributed by atoms with Crippen LogP contribution in [0, 0.1) is 11.8 Å². The highest BCUT2D eigenvalue weighted by atomic mass is 32.2. The molecule has 2 nitrogen and oxygen atoms in total. The van der Waals surface area contributed by atoms with Gasteiger partial charge in [0.25, 0.3) is 0 Å². The molecule has 1 rings (SSSR count). The molecule has 1 aliphatic rings. The summed E-state index contributed by atoms with van der Waals surface area (Å²) in [5.41, 5.74) is 0. The van der Waals surface area contributed by atoms with Crippen LogP contribution in [0.4, 0.5) is 0 Å². The van der Waals surface area contributed by atoms with Crippen LogP contribution in [-0.4, -0.2) is 48.1 Å². The third-order valence-electron chi connectivity index (χ3n) is 4.53. The molecule has 0 saturated carbocycles. The van der Waals surface area contributed by atoms with Gasteiger partial charge in [0.1, 0.15) is 0 Å². The summed E-state index contributed by atoms with van der Waals surface area (Å²) in [7, 11) is 0. The van der Waals surface area contributed by atoms with E-state index in [1.807, 2.05) is 0 Å². The van der Waals surface area contributed by atoms with E-state index in [0.717, 1.165) is 17.9 Å². The van der Waals surface area contributed by atoms with Gasteiger partial charge in [-0.15, -0.1) is 0 Å². The van der Waals surface area contributed by atoms with Crippen LogP contribution >= 0.6 is 11.8 Å². The maximum atomic E-state index is 3.80. The second-order valence-electron chi connectivity index (χ2n) is 6.73. The fourth-order valence-electron chi connectivity index (χ4n) is 3.23. The Morgan fingerprint density at radius 1 is 1.25 bits per heavy atom. The molecule has 3 heteroatoms. The average Bonchev–Trinajstić information content (AvgIpc) is 2.42. The van der Waals surface area contributed by atoms with Gasteiger partial charge in [0.2, 0.25) is 0 Å². The molecule has 0 bridgehead atoms. The minimum Gasteiger partial charge on any atom is -0.311 e. The van der Waals surface area contributed by atoms with Crippen LogP contribution in [0.3, 0.4) is 0 Å². The van der Waals surface area contributed by atoms with E-state index in [2.05, 4.69) is 56.6 Å². The van der Waals surface area contributed by atoms with Crippen LogP contribution in [0.1, 0.15) is 53.9 Å². The molecule has 20 heavy (non-hydrogen) atoms. The summed E-state index contributed by atoms with van der Waals surface area (Å²) < 4.78 is 0. The Kier molecular flexibility index (Phi) is 9.23. The van der Waals surface area contributed by atoms with Gasteiger partial charge in [-0.3, -0.25) is 4.90 Å². The molecule has 1 aliphatic heterocycles. The zero-order valence-electron chi connectivity index (χ0n) is 14.3. The second kappa shape index (κ2) is 10.1. The van der Waals surface area contributed by atoms with Crippen LogP contribution < -0.4 is 5.32 Å². The molecular formula is C17H36N2S. The zero-order chi connectivity index (χ0) is 15.0. The summed E-state index contributed by atoms with van der Waals surface area (Å²) in [6, 6.07) is 1.45. The maximum absolute atomic E-state index is 3.80. The van der Waals surface area contributed by atoms with E-state index < -0.39 is 0 Å². The van der Waals surface area contributed by atoms with Gasteiger partial charge in [0.05, 0.1) is 0 Å². The Hall–Kier alpha value is 0.270. The first-order chi connectivity index (χ1) is 9.58. The first kappa shape index (κ1) is 18.3. The minimum absolute atomic E-state index is 0.703. The van der Waals surface area contributed by atoms with Crippen LogP contribution in [0.25, 0.3) is 0 Å². The molecular weight excluding hydrogens is 264 g/mol. The number of hydrogen-bond donors (Lipinski definition) is 1. The van der Waals surface area contributed by atoms with Gasteiger partial charge in [-0.25, -0.2) is 0 Å². The number of nitrogens with one attached hydrogen (secondary N) is 1. The average molecular weight is 301 g/mol. The predicted molar refractivity (Wildman–Crippen MR) is 93.7 cm³/mol. The first-order valence-corrected chi connectivity index (χ1v) is 9.79. The van der Waals surface area contributed by atoms with Crippen molar-refractivity contribution >= 4 is 11.8 Å². The van der Waals surface area contributed by atoms with Crippen molar-refractivity contribution in [3.63, 3.8) is 0 Å². The largest absolute Gasteiger partial charge is 0.311 e. The summed E-state index contributed by atoms with van der Waals surface area (Å²) in [6.07, 6.45) is 3.95. The number of piperazine rings is 1. The van der Waals surface area contributed by atoms with Crippen LogP contribution in [0.5, 0.6) is 0 Å². The zero-order valence-corrected chi connectivity index (χ0v) is 15.1. The van der Waals surface area contributed by atoms with Crippen molar-refractivity contribution in [3.8, 4) is 0 Å². The van der Waals surface area contributed by atoms with Gasteiger partial charge in [0, 0.05) is 25.2 Å². The molecule has 3 unspecified atom stereocenters. The Balaban J connectivity index is 2.49. The van der Waals surface area contributed by atoms with Gasteiger partial charge < -0.3 is 5.32 Å². The standard InChI is InChI=1S/C17H36N2S/c1-6-15(5)17-12-18-16(11-14(3)4)13-19(17)9-8-10-20-7-2/h14-18H,6-13H2,1-5H3. The van der Waals surface area contributed by atoms with Crippen molar-refractivity contribution in [2.24, 2.45) is 11.8 Å². The summed E-state index contributed by atoms with van der Waals surface area (Å²) in [4.78, 5) is 2.79. The van der Waals surface area contributed by atoms with Crippen LogP contribution in [-0.2, 0) is 0 Å². The van der Waals surface area contributed by atoms with Crippen LogP contribution in [0.15, 0.2) is 0 Å². The lowest BCUT2D eigenvalue weighted by Gasteiger charge is -2.43. The lowest BCUT2D eigenvalue weighted by molar-refractivity contribution is 0.0860. The van der Waals surface area contributed by atoms with Crippen molar-refractivity contribution in [1.29, 1.82) is 0 Å². The fraction of sp³-hybridized carbons (Fsp3) is 1.00. The van der Waals surface area contributed by atoms with Crippen molar-refractivity contribution < 1.29 is 0 Å². The topological polar surface area (TPSA) is 15.3 Å². The summed E-state index contributed by atoms with van der Waals surface area (Å²) in [5, 5.41) is 3.80. The fourth-order valence-corrected chi connectivity index (χ4v) is 3.85. The van der Waals surface area contributed by atoms with Crippen LogP contribution in [0.2, 0.25) is 0 Å². The monoisotopic (exact) mass is 300 g/mol. The normalized spacial score (nSPS) is 26.1. The molecule has 1 fully saturated rings. The third kappa shape index (κ3) is 6.36. The molecule has 0 spiro atoms. The second-order valence-corrected chi connectivity index (χ2v) is 8.13. The molecule has 1 heterocycles. The van der Waals surface area contributed by atoms with E-state index in [0.29, 0.717) is 6.04 Å². The highest BCUT2D eigenvalue weighted by Gasteiger charge is 2.30. The number of hydrogen-bond acceptors (Lipinski definition) is 3. The van der Waals surface area contributed by atoms with E-state index in [9.17, 15) is 0 Å². The molecule has 3 atom stereocenters. The molecule has 120 valence electrons. The first-order valence-electron chi connectivity index (χ1n) is 8.63. The predicted octanol–water partition coefficient (Wildman–Crippen LogP) is 3.86. The smallest absolute Gasteiger partial charge is 0.0246 e. The van der Waals surface area contributed by atoms with E-state index in [1.165, 1.54) is 50.4 Å². The summed E-state index contributed by atoms with van der Waals surface area (Å²) in [6.45, 7) is 15.4. The quantitative estimate of drug-likeness (QED) is 0.651. The van der Waals surface area contributed by atoms with Crippen molar-refractivity contribution in [2.75, 3.05) is 31.1 Å². The Morgan fingerprint density at radius 2 is 2.00 bits per heavy atom. The van der Waals surface area contributed by atoms with Gasteiger partial charge in [0.15, 0.2) is 0 Å². The van der Waals surface area contributed by atoms with Gasteiger partial charge in [-0.05, 0) is 42.7 Å². The van der Waals surface area contributed by atoms with Gasteiger partial charge in [-0.2, -0.15) is 11.8 Å². The molecule has 0 amide bonds. The number of thioether (sulfide) groups is 1. The molecule has 1 saturated heterocycles. The SMILES string of the molecule is CCSCCCN1CC(CC(C)C)NCC1C(C)CC. The Bertz CT molecular complexity index is 245. The lowest BCUT2D eigenvalue weighted by Crippen LogP contribution is -2.58. The Morgan fingerprint density at radius 3 is 2.60 bits per heavy atom. The maximum Gasteiger partial charge on any atom is 0.0246 e.